The lowest BCUT2D eigenvalue weighted by Gasteiger charge is -2.18. The van der Waals surface area contributed by atoms with E-state index >= 15 is 0 Å². The highest BCUT2D eigenvalue weighted by Crippen LogP contribution is 2.27. The van der Waals surface area contributed by atoms with Crippen molar-refractivity contribution in [2.24, 2.45) is 0 Å². The fourth-order valence-electron chi connectivity index (χ4n) is 1.94. The summed E-state index contributed by atoms with van der Waals surface area (Å²) >= 11 is 1.64. The van der Waals surface area contributed by atoms with Gasteiger partial charge in [-0.3, -0.25) is 5.10 Å². The molecule has 0 radical (unpaired) electrons. The highest BCUT2D eigenvalue weighted by molar-refractivity contribution is 7.16. The molecule has 0 spiro atoms. The number of nitrogens with one attached hydrogen (secondary N) is 1. The van der Waals surface area contributed by atoms with E-state index in [2.05, 4.69) is 43.0 Å². The SMILES string of the molecule is CCc1nc(N(C)Cc2ncn[nH]2)c2ccsc2n1. The van der Waals surface area contributed by atoms with E-state index in [1.807, 2.05) is 12.4 Å². The molecular formula is C12H14N6S. The van der Waals surface area contributed by atoms with Crippen LogP contribution in [0, 0.1) is 0 Å². The van der Waals surface area contributed by atoms with Gasteiger partial charge in [-0.15, -0.1) is 11.3 Å². The van der Waals surface area contributed by atoms with Crippen molar-refractivity contribution in [1.29, 1.82) is 0 Å². The summed E-state index contributed by atoms with van der Waals surface area (Å²) in [4.78, 5) is 16.4. The fraction of sp³-hybridized carbons (Fsp3) is 0.333. The van der Waals surface area contributed by atoms with Gasteiger partial charge in [-0.2, -0.15) is 5.10 Å². The minimum atomic E-state index is 0.644. The lowest BCUT2D eigenvalue weighted by atomic mass is 10.3. The number of hydrogen-bond donors (Lipinski definition) is 1. The Hall–Kier alpha value is -2.02. The van der Waals surface area contributed by atoms with Gasteiger partial charge in [0.25, 0.3) is 0 Å². The molecule has 3 aromatic heterocycles. The lowest BCUT2D eigenvalue weighted by molar-refractivity contribution is 0.822. The van der Waals surface area contributed by atoms with Crippen molar-refractivity contribution >= 4 is 27.4 Å². The molecule has 0 unspecified atom stereocenters. The molecule has 3 rings (SSSR count). The summed E-state index contributed by atoms with van der Waals surface area (Å²) < 4.78 is 0. The Balaban J connectivity index is 2.00. The molecule has 0 aliphatic heterocycles. The zero-order chi connectivity index (χ0) is 13.2. The molecule has 0 aliphatic carbocycles. The monoisotopic (exact) mass is 274 g/mol. The second-order valence-corrected chi connectivity index (χ2v) is 5.14. The van der Waals surface area contributed by atoms with Gasteiger partial charge in [0.15, 0.2) is 0 Å². The van der Waals surface area contributed by atoms with E-state index in [1.54, 1.807) is 11.3 Å². The number of H-pyrrole nitrogens is 1. The molecule has 98 valence electrons. The topological polar surface area (TPSA) is 70.6 Å². The summed E-state index contributed by atoms with van der Waals surface area (Å²) in [6, 6.07) is 2.06. The van der Waals surface area contributed by atoms with Gasteiger partial charge in [0.2, 0.25) is 0 Å². The van der Waals surface area contributed by atoms with Crippen LogP contribution in [-0.2, 0) is 13.0 Å². The summed E-state index contributed by atoms with van der Waals surface area (Å²) in [6.07, 6.45) is 2.35. The number of rotatable bonds is 4. The number of aromatic amines is 1. The smallest absolute Gasteiger partial charge is 0.143 e. The Morgan fingerprint density at radius 2 is 2.26 bits per heavy atom. The van der Waals surface area contributed by atoms with Crippen molar-refractivity contribution in [1.82, 2.24) is 25.1 Å². The second kappa shape index (κ2) is 4.93. The van der Waals surface area contributed by atoms with Gasteiger partial charge in [-0.1, -0.05) is 6.92 Å². The van der Waals surface area contributed by atoms with Gasteiger partial charge in [-0.05, 0) is 11.4 Å². The summed E-state index contributed by atoms with van der Waals surface area (Å²) in [5.41, 5.74) is 0. The average molecular weight is 274 g/mol. The number of aromatic nitrogens is 5. The Labute approximate surface area is 114 Å². The van der Waals surface area contributed by atoms with Crippen LogP contribution in [0.4, 0.5) is 5.82 Å². The fourth-order valence-corrected chi connectivity index (χ4v) is 2.72. The standard InChI is InChI=1S/C12H14N6S/c1-3-9-15-11(8-4-5-19-12(8)16-9)18(2)6-10-13-7-14-17-10/h4-5,7H,3,6H2,1-2H3,(H,13,14,17). The van der Waals surface area contributed by atoms with Gasteiger partial charge in [0, 0.05) is 13.5 Å². The number of nitrogens with zero attached hydrogens (tertiary/aromatic N) is 5. The summed E-state index contributed by atoms with van der Waals surface area (Å²) in [5, 5.41) is 9.86. The molecule has 1 N–H and O–H groups in total. The van der Waals surface area contributed by atoms with E-state index in [0.29, 0.717) is 6.54 Å². The van der Waals surface area contributed by atoms with Crippen LogP contribution >= 0.6 is 11.3 Å². The molecule has 6 nitrogen and oxygen atoms in total. The van der Waals surface area contributed by atoms with Crippen LogP contribution in [0.2, 0.25) is 0 Å². The summed E-state index contributed by atoms with van der Waals surface area (Å²) in [5.74, 6) is 2.64. The largest absolute Gasteiger partial charge is 0.352 e. The van der Waals surface area contributed by atoms with Gasteiger partial charge in [0.05, 0.1) is 11.9 Å². The molecule has 0 aliphatic rings. The Morgan fingerprint density at radius 1 is 1.37 bits per heavy atom. The van der Waals surface area contributed by atoms with E-state index in [-0.39, 0.29) is 0 Å². The first-order valence-corrected chi connectivity index (χ1v) is 6.95. The maximum absolute atomic E-state index is 4.63. The summed E-state index contributed by atoms with van der Waals surface area (Å²) in [6.45, 7) is 2.71. The number of anilines is 1. The highest BCUT2D eigenvalue weighted by atomic mass is 32.1. The molecule has 0 saturated heterocycles. The number of fused-ring (bicyclic) bond motifs is 1. The van der Waals surface area contributed by atoms with Crippen LogP contribution in [0.5, 0.6) is 0 Å². The minimum Gasteiger partial charge on any atom is -0.352 e. The van der Waals surface area contributed by atoms with Crippen LogP contribution in [0.3, 0.4) is 0 Å². The maximum atomic E-state index is 4.63. The molecule has 0 atom stereocenters. The molecule has 0 bridgehead atoms. The van der Waals surface area contributed by atoms with Crippen LogP contribution in [0.1, 0.15) is 18.6 Å². The molecule has 0 aromatic carbocycles. The van der Waals surface area contributed by atoms with E-state index < -0.39 is 0 Å². The lowest BCUT2D eigenvalue weighted by Crippen LogP contribution is -2.19. The van der Waals surface area contributed by atoms with Crippen molar-refractivity contribution in [3.05, 3.63) is 29.4 Å². The maximum Gasteiger partial charge on any atom is 0.143 e. The van der Waals surface area contributed by atoms with E-state index in [4.69, 9.17) is 0 Å². The van der Waals surface area contributed by atoms with E-state index in [9.17, 15) is 0 Å². The minimum absolute atomic E-state index is 0.644. The number of thiophene rings is 1. The van der Waals surface area contributed by atoms with Gasteiger partial charge >= 0.3 is 0 Å². The molecule has 0 saturated carbocycles. The predicted octanol–water partition coefficient (Wildman–Crippen LogP) is 2.01. The normalized spacial score (nSPS) is 11.1. The van der Waals surface area contributed by atoms with E-state index in [1.165, 1.54) is 6.33 Å². The van der Waals surface area contributed by atoms with Gasteiger partial charge in [0.1, 0.15) is 28.6 Å². The highest BCUT2D eigenvalue weighted by Gasteiger charge is 2.13. The molecule has 3 aromatic rings. The second-order valence-electron chi connectivity index (χ2n) is 4.24. The third-order valence-corrected chi connectivity index (χ3v) is 3.69. The first-order chi connectivity index (χ1) is 9.28. The molecule has 19 heavy (non-hydrogen) atoms. The third kappa shape index (κ3) is 2.28. The van der Waals surface area contributed by atoms with Crippen LogP contribution < -0.4 is 4.90 Å². The quantitative estimate of drug-likeness (QED) is 0.788. The number of aryl methyl sites for hydroxylation is 1. The Bertz CT molecular complexity index is 675. The molecular weight excluding hydrogens is 260 g/mol. The molecule has 0 amide bonds. The van der Waals surface area contributed by atoms with Crippen molar-refractivity contribution in [3.63, 3.8) is 0 Å². The Kier molecular flexibility index (Phi) is 3.12. The first-order valence-electron chi connectivity index (χ1n) is 6.07. The molecule has 7 heteroatoms. The Morgan fingerprint density at radius 3 is 3.00 bits per heavy atom. The van der Waals surface area contributed by atoms with Crippen molar-refractivity contribution in [2.75, 3.05) is 11.9 Å². The van der Waals surface area contributed by atoms with Gasteiger partial charge in [-0.25, -0.2) is 15.0 Å². The van der Waals surface area contributed by atoms with Gasteiger partial charge < -0.3 is 4.90 Å². The molecule has 0 fully saturated rings. The number of hydrogen-bond acceptors (Lipinski definition) is 6. The predicted molar refractivity (Wildman–Crippen MR) is 75.3 cm³/mol. The van der Waals surface area contributed by atoms with Crippen LogP contribution in [-0.4, -0.2) is 32.2 Å². The van der Waals surface area contributed by atoms with Crippen LogP contribution in [0.15, 0.2) is 17.8 Å². The zero-order valence-electron chi connectivity index (χ0n) is 10.8. The van der Waals surface area contributed by atoms with Crippen LogP contribution in [0.25, 0.3) is 10.2 Å². The summed E-state index contributed by atoms with van der Waals surface area (Å²) in [7, 11) is 2.00. The van der Waals surface area contributed by atoms with Crippen molar-refractivity contribution in [3.8, 4) is 0 Å². The first kappa shape index (κ1) is 12.0. The average Bonchev–Trinajstić information content (AvgIpc) is 3.07. The zero-order valence-corrected chi connectivity index (χ0v) is 11.6. The van der Waals surface area contributed by atoms with Crippen molar-refractivity contribution in [2.45, 2.75) is 19.9 Å². The van der Waals surface area contributed by atoms with E-state index in [0.717, 1.165) is 34.1 Å². The molecule has 3 heterocycles. The van der Waals surface area contributed by atoms with Crippen molar-refractivity contribution < 1.29 is 0 Å². The third-order valence-electron chi connectivity index (χ3n) is 2.88.